The highest BCUT2D eigenvalue weighted by atomic mass is 16.5. The highest BCUT2D eigenvalue weighted by Crippen LogP contribution is 2.56. The van der Waals surface area contributed by atoms with Crippen LogP contribution in [-0.4, -0.2) is 24.9 Å². The summed E-state index contributed by atoms with van der Waals surface area (Å²) in [5.41, 5.74) is 9.09. The summed E-state index contributed by atoms with van der Waals surface area (Å²) < 4.78 is 6.79. The van der Waals surface area contributed by atoms with E-state index in [9.17, 15) is 0 Å². The first-order valence-corrected chi connectivity index (χ1v) is 13.9. The van der Waals surface area contributed by atoms with Crippen molar-refractivity contribution in [1.82, 2.24) is 0 Å². The molecule has 182 valence electrons. The fourth-order valence-corrected chi connectivity index (χ4v) is 7.86. The molecule has 0 N–H and O–H groups in total. The maximum absolute atomic E-state index is 6.79. The van der Waals surface area contributed by atoms with Gasteiger partial charge < -0.3 is 14.5 Å². The average Bonchev–Trinajstić information content (AvgIpc) is 3.51. The highest BCUT2D eigenvalue weighted by Gasteiger charge is 2.53. The lowest BCUT2D eigenvalue weighted by Gasteiger charge is -2.46. The topological polar surface area (TPSA) is 15.7 Å². The van der Waals surface area contributed by atoms with Crippen LogP contribution in [0, 0.1) is 23.7 Å². The molecule has 35 heavy (non-hydrogen) atoms. The Bertz CT molecular complexity index is 1210. The molecular weight excluding hydrogens is 428 g/mol. The van der Waals surface area contributed by atoms with Crippen molar-refractivity contribution >= 4 is 11.4 Å². The van der Waals surface area contributed by atoms with E-state index in [1.54, 1.807) is 11.1 Å². The van der Waals surface area contributed by atoms with Crippen LogP contribution in [0.25, 0.3) is 0 Å². The first-order chi connectivity index (χ1) is 17.0. The standard InChI is InChI=1S/C32H38N2O/c1-19(2)22-11-9-12-23(20(3)4)30(22)34-27-14-7-6-13-26(27)33-18-21-16-17-25-24-10-5-8-15-28(24)35-31(25)29(21)32(33)34/h5-8,10-11,13-15,19-20,23-24,28,30,32H,9,12,16-18H2,1-4H3. The van der Waals surface area contributed by atoms with Gasteiger partial charge in [0.25, 0.3) is 0 Å². The third-order valence-electron chi connectivity index (χ3n) is 9.45. The van der Waals surface area contributed by atoms with E-state index in [0.717, 1.165) is 13.0 Å². The molecule has 0 saturated heterocycles. The molecule has 0 saturated carbocycles. The summed E-state index contributed by atoms with van der Waals surface area (Å²) in [6, 6.07) is 9.61. The summed E-state index contributed by atoms with van der Waals surface area (Å²) in [6.07, 6.45) is 16.8. The van der Waals surface area contributed by atoms with E-state index in [1.807, 2.05) is 0 Å². The first-order valence-electron chi connectivity index (χ1n) is 13.9. The maximum atomic E-state index is 6.79. The van der Waals surface area contributed by atoms with Crippen molar-refractivity contribution in [3.05, 3.63) is 82.7 Å². The van der Waals surface area contributed by atoms with E-state index >= 15 is 0 Å². The van der Waals surface area contributed by atoms with E-state index in [1.165, 1.54) is 47.5 Å². The van der Waals surface area contributed by atoms with Crippen molar-refractivity contribution in [1.29, 1.82) is 0 Å². The van der Waals surface area contributed by atoms with Gasteiger partial charge in [-0.25, -0.2) is 0 Å². The normalized spacial score (nSPS) is 32.6. The summed E-state index contributed by atoms with van der Waals surface area (Å²) in [4.78, 5) is 5.52. The van der Waals surface area contributed by atoms with Gasteiger partial charge in [-0.15, -0.1) is 0 Å². The molecule has 1 aromatic carbocycles. The minimum Gasteiger partial charge on any atom is -0.485 e. The molecule has 3 aliphatic carbocycles. The van der Waals surface area contributed by atoms with E-state index in [0.29, 0.717) is 29.7 Å². The van der Waals surface area contributed by atoms with Crippen LogP contribution in [0.4, 0.5) is 11.4 Å². The van der Waals surface area contributed by atoms with Gasteiger partial charge in [-0.2, -0.15) is 0 Å². The van der Waals surface area contributed by atoms with Gasteiger partial charge in [0.1, 0.15) is 18.0 Å². The fourth-order valence-electron chi connectivity index (χ4n) is 7.86. The third-order valence-corrected chi connectivity index (χ3v) is 9.45. The summed E-state index contributed by atoms with van der Waals surface area (Å²) in [5, 5.41) is 0. The molecule has 3 heterocycles. The Balaban J connectivity index is 1.39. The average molecular weight is 467 g/mol. The number of ether oxygens (including phenoxy) is 1. The summed E-state index contributed by atoms with van der Waals surface area (Å²) >= 11 is 0. The van der Waals surface area contributed by atoms with E-state index < -0.39 is 0 Å². The third kappa shape index (κ3) is 3.03. The van der Waals surface area contributed by atoms with Crippen molar-refractivity contribution < 1.29 is 4.74 Å². The molecule has 0 fully saturated rings. The molecule has 0 radical (unpaired) electrons. The Labute approximate surface area is 210 Å². The van der Waals surface area contributed by atoms with Gasteiger partial charge in [0.15, 0.2) is 0 Å². The van der Waals surface area contributed by atoms with Crippen molar-refractivity contribution in [3.63, 3.8) is 0 Å². The molecule has 3 heteroatoms. The number of allylic oxidation sites excluding steroid dienone is 3. The lowest BCUT2D eigenvalue weighted by Crippen LogP contribution is -2.53. The van der Waals surface area contributed by atoms with Gasteiger partial charge in [0.2, 0.25) is 0 Å². The van der Waals surface area contributed by atoms with Crippen LogP contribution in [0.15, 0.2) is 82.7 Å². The number of para-hydroxylation sites is 2. The number of benzene rings is 1. The Morgan fingerprint density at radius 2 is 1.77 bits per heavy atom. The number of nitrogens with zero attached hydrogens (tertiary/aromatic N) is 2. The zero-order chi connectivity index (χ0) is 23.8. The molecule has 0 spiro atoms. The SMILES string of the molecule is CC(C)C1=CCCC(C(C)C)C1N1c2ccccc2N2CC3=C(C4=C(CC3)C3C=CC=CC3O4)C21. The Morgan fingerprint density at radius 1 is 0.971 bits per heavy atom. The fraction of sp³-hybridized carbons (Fsp3) is 0.500. The number of rotatable bonds is 3. The molecule has 1 aromatic rings. The van der Waals surface area contributed by atoms with Crippen molar-refractivity contribution in [2.45, 2.75) is 71.7 Å². The minimum absolute atomic E-state index is 0.173. The number of hydrogen-bond acceptors (Lipinski definition) is 3. The molecule has 0 bridgehead atoms. The van der Waals surface area contributed by atoms with E-state index in [-0.39, 0.29) is 12.3 Å². The van der Waals surface area contributed by atoms with Crippen molar-refractivity contribution in [3.8, 4) is 0 Å². The van der Waals surface area contributed by atoms with Crippen LogP contribution >= 0.6 is 0 Å². The maximum Gasteiger partial charge on any atom is 0.133 e. The zero-order valence-corrected chi connectivity index (χ0v) is 21.6. The zero-order valence-electron chi connectivity index (χ0n) is 21.6. The summed E-state index contributed by atoms with van der Waals surface area (Å²) in [6.45, 7) is 10.7. The lowest BCUT2D eigenvalue weighted by molar-refractivity contribution is 0.168. The van der Waals surface area contributed by atoms with Gasteiger partial charge in [-0.1, -0.05) is 64.1 Å². The number of fused-ring (bicyclic) bond motifs is 7. The monoisotopic (exact) mass is 466 g/mol. The number of anilines is 2. The van der Waals surface area contributed by atoms with Gasteiger partial charge in [-0.3, -0.25) is 0 Å². The Kier molecular flexibility index (Phi) is 4.88. The molecule has 3 nitrogen and oxygen atoms in total. The van der Waals surface area contributed by atoms with Crippen molar-refractivity contribution in [2.24, 2.45) is 23.7 Å². The Morgan fingerprint density at radius 3 is 2.57 bits per heavy atom. The minimum atomic E-state index is 0.173. The second kappa shape index (κ2) is 7.91. The smallest absolute Gasteiger partial charge is 0.133 e. The second-order valence-electron chi connectivity index (χ2n) is 11.9. The summed E-state index contributed by atoms with van der Waals surface area (Å²) in [7, 11) is 0. The Hall–Kier alpha value is -2.68. The molecule has 0 amide bonds. The van der Waals surface area contributed by atoms with Gasteiger partial charge in [0, 0.05) is 18.0 Å². The van der Waals surface area contributed by atoms with Gasteiger partial charge >= 0.3 is 0 Å². The molecule has 3 aliphatic heterocycles. The molecule has 5 unspecified atom stereocenters. The quantitative estimate of drug-likeness (QED) is 0.440. The second-order valence-corrected chi connectivity index (χ2v) is 11.9. The summed E-state index contributed by atoms with van der Waals surface area (Å²) in [5.74, 6) is 3.51. The van der Waals surface area contributed by atoms with Gasteiger partial charge in [-0.05, 0) is 78.4 Å². The van der Waals surface area contributed by atoms with Crippen LogP contribution in [0.5, 0.6) is 0 Å². The van der Waals surface area contributed by atoms with E-state index in [4.69, 9.17) is 4.74 Å². The van der Waals surface area contributed by atoms with Crippen LogP contribution in [0.2, 0.25) is 0 Å². The van der Waals surface area contributed by atoms with E-state index in [2.05, 4.69) is 92.1 Å². The van der Waals surface area contributed by atoms with Crippen molar-refractivity contribution in [2.75, 3.05) is 16.3 Å². The van der Waals surface area contributed by atoms with Crippen LogP contribution in [0.1, 0.15) is 53.4 Å². The lowest BCUT2D eigenvalue weighted by atomic mass is 9.73. The first kappa shape index (κ1) is 21.6. The largest absolute Gasteiger partial charge is 0.485 e. The van der Waals surface area contributed by atoms with Crippen LogP contribution < -0.4 is 9.80 Å². The van der Waals surface area contributed by atoms with Gasteiger partial charge in [0.05, 0.1) is 17.4 Å². The molecule has 7 rings (SSSR count). The molecule has 5 atom stereocenters. The molecule has 0 aromatic heterocycles. The number of hydrogen-bond donors (Lipinski definition) is 0. The van der Waals surface area contributed by atoms with Crippen LogP contribution in [-0.2, 0) is 4.74 Å². The predicted molar refractivity (Wildman–Crippen MR) is 144 cm³/mol. The predicted octanol–water partition coefficient (Wildman–Crippen LogP) is 7.16. The molecular formula is C32H38N2O. The molecule has 6 aliphatic rings. The highest BCUT2D eigenvalue weighted by molar-refractivity contribution is 5.83. The van der Waals surface area contributed by atoms with Crippen LogP contribution in [0.3, 0.4) is 0 Å².